The van der Waals surface area contributed by atoms with E-state index in [1.807, 2.05) is 12.1 Å². The minimum absolute atomic E-state index is 0.129. The van der Waals surface area contributed by atoms with Gasteiger partial charge in [-0.25, -0.2) is 0 Å². The summed E-state index contributed by atoms with van der Waals surface area (Å²) < 4.78 is 0. The fourth-order valence-corrected chi connectivity index (χ4v) is 2.76. The summed E-state index contributed by atoms with van der Waals surface area (Å²) >= 11 is 0. The molecule has 1 aromatic rings. The van der Waals surface area contributed by atoms with E-state index in [1.165, 1.54) is 5.56 Å². The summed E-state index contributed by atoms with van der Waals surface area (Å²) in [6.07, 6.45) is 0. The van der Waals surface area contributed by atoms with E-state index in [0.717, 1.165) is 25.3 Å². The Morgan fingerprint density at radius 2 is 1.70 bits per heavy atom. The molecule has 0 aliphatic heterocycles. The number of likely N-dealkylation sites (N-methyl/N-ethyl adjacent to an activating group) is 2. The zero-order chi connectivity index (χ0) is 15.3. The van der Waals surface area contributed by atoms with Gasteiger partial charge in [0.1, 0.15) is 0 Å². The van der Waals surface area contributed by atoms with Gasteiger partial charge in [-0.3, -0.25) is 4.90 Å². The fourth-order valence-electron chi connectivity index (χ4n) is 2.76. The van der Waals surface area contributed by atoms with E-state index in [9.17, 15) is 0 Å². The maximum absolute atomic E-state index is 5.78. The van der Waals surface area contributed by atoms with Crippen molar-refractivity contribution >= 4 is 5.69 Å². The van der Waals surface area contributed by atoms with Crippen LogP contribution in [0.4, 0.5) is 5.69 Å². The van der Waals surface area contributed by atoms with Crippen molar-refractivity contribution in [3.63, 3.8) is 0 Å². The number of nitrogens with zero attached hydrogens (tertiary/aromatic N) is 2. The highest BCUT2D eigenvalue weighted by atomic mass is 15.2. The smallest absolute Gasteiger partial charge is 0.0314 e. The molecule has 0 saturated carbocycles. The highest BCUT2D eigenvalue weighted by Crippen LogP contribution is 2.26. The highest BCUT2D eigenvalue weighted by Gasteiger charge is 2.25. The van der Waals surface area contributed by atoms with Gasteiger partial charge in [-0.15, -0.1) is 0 Å². The Bertz CT molecular complexity index is 395. The second kappa shape index (κ2) is 7.09. The Kier molecular flexibility index (Phi) is 6.03. The van der Waals surface area contributed by atoms with Crippen LogP contribution in [0.2, 0.25) is 0 Å². The van der Waals surface area contributed by atoms with Gasteiger partial charge >= 0.3 is 0 Å². The van der Waals surface area contributed by atoms with Crippen LogP contribution in [0, 0.1) is 0 Å². The van der Waals surface area contributed by atoms with Gasteiger partial charge in [0.25, 0.3) is 0 Å². The van der Waals surface area contributed by atoms with Crippen LogP contribution in [0.15, 0.2) is 24.3 Å². The van der Waals surface area contributed by atoms with Crippen molar-refractivity contribution in [1.82, 2.24) is 9.80 Å². The summed E-state index contributed by atoms with van der Waals surface area (Å²) in [5.41, 5.74) is 8.09. The highest BCUT2D eigenvalue weighted by molar-refractivity contribution is 5.41. The van der Waals surface area contributed by atoms with Gasteiger partial charge in [-0.1, -0.05) is 32.9 Å². The third-order valence-electron chi connectivity index (χ3n) is 3.95. The van der Waals surface area contributed by atoms with Crippen molar-refractivity contribution in [3.8, 4) is 0 Å². The quantitative estimate of drug-likeness (QED) is 0.778. The molecular weight excluding hydrogens is 246 g/mol. The Morgan fingerprint density at radius 1 is 1.15 bits per heavy atom. The molecule has 3 nitrogen and oxygen atoms in total. The van der Waals surface area contributed by atoms with Crippen molar-refractivity contribution in [2.24, 2.45) is 0 Å². The van der Waals surface area contributed by atoms with Gasteiger partial charge in [-0.05, 0) is 45.3 Å². The Morgan fingerprint density at radius 3 is 2.15 bits per heavy atom. The lowest BCUT2D eigenvalue weighted by molar-refractivity contribution is 0.152. The van der Waals surface area contributed by atoms with Gasteiger partial charge in [0, 0.05) is 30.2 Å². The third kappa shape index (κ3) is 4.80. The molecular formula is C17H31N3. The molecule has 0 aliphatic rings. The molecule has 114 valence electrons. The lowest BCUT2D eigenvalue weighted by atomic mass is 9.83. The third-order valence-corrected chi connectivity index (χ3v) is 3.95. The molecule has 0 aliphatic carbocycles. The Hall–Kier alpha value is -1.06. The molecule has 3 heteroatoms. The second-order valence-corrected chi connectivity index (χ2v) is 6.68. The Labute approximate surface area is 124 Å². The van der Waals surface area contributed by atoms with Gasteiger partial charge in [-0.2, -0.15) is 0 Å². The second-order valence-electron chi connectivity index (χ2n) is 6.68. The zero-order valence-corrected chi connectivity index (χ0v) is 14.0. The molecule has 0 spiro atoms. The van der Waals surface area contributed by atoms with Crippen LogP contribution in [0.3, 0.4) is 0 Å². The number of nitrogens with two attached hydrogens (primary N) is 1. The molecule has 2 N–H and O–H groups in total. The normalized spacial score (nSPS) is 14.0. The molecule has 0 amide bonds. The summed E-state index contributed by atoms with van der Waals surface area (Å²) in [5.74, 6) is 0. The molecule has 0 heterocycles. The van der Waals surface area contributed by atoms with Crippen LogP contribution in [0.1, 0.15) is 33.3 Å². The lowest BCUT2D eigenvalue weighted by Crippen LogP contribution is -2.45. The number of hydrogen-bond donors (Lipinski definition) is 1. The fraction of sp³-hybridized carbons (Fsp3) is 0.647. The first-order valence-electron chi connectivity index (χ1n) is 7.51. The summed E-state index contributed by atoms with van der Waals surface area (Å²) in [4.78, 5) is 4.81. The lowest BCUT2D eigenvalue weighted by Gasteiger charge is -2.37. The Balaban J connectivity index is 2.78. The molecule has 0 radical (unpaired) electrons. The van der Waals surface area contributed by atoms with Crippen LogP contribution in [-0.4, -0.2) is 49.6 Å². The first kappa shape index (κ1) is 17.0. The predicted molar refractivity (Wildman–Crippen MR) is 89.1 cm³/mol. The largest absolute Gasteiger partial charge is 0.399 e. The molecule has 1 unspecified atom stereocenters. The SMILES string of the molecule is CCN(CC(C)(C)c1ccc(N)cc1)C(C)CN(C)C. The minimum Gasteiger partial charge on any atom is -0.399 e. The average molecular weight is 277 g/mol. The van der Waals surface area contributed by atoms with E-state index in [-0.39, 0.29) is 5.41 Å². The van der Waals surface area contributed by atoms with E-state index in [4.69, 9.17) is 5.73 Å². The van der Waals surface area contributed by atoms with E-state index in [2.05, 4.69) is 63.7 Å². The van der Waals surface area contributed by atoms with Gasteiger partial charge < -0.3 is 10.6 Å². The van der Waals surface area contributed by atoms with Crippen molar-refractivity contribution in [2.75, 3.05) is 39.5 Å². The van der Waals surface area contributed by atoms with Crippen LogP contribution in [0.25, 0.3) is 0 Å². The minimum atomic E-state index is 0.129. The summed E-state index contributed by atoms with van der Waals surface area (Å²) in [6.45, 7) is 12.4. The maximum Gasteiger partial charge on any atom is 0.0314 e. The standard InChI is InChI=1S/C17H31N3/c1-7-20(14(2)12-19(5)6)13-17(3,4)15-8-10-16(18)11-9-15/h8-11,14H,7,12-13,18H2,1-6H3. The van der Waals surface area contributed by atoms with Crippen LogP contribution in [0.5, 0.6) is 0 Å². The maximum atomic E-state index is 5.78. The van der Waals surface area contributed by atoms with E-state index >= 15 is 0 Å². The zero-order valence-electron chi connectivity index (χ0n) is 14.0. The molecule has 20 heavy (non-hydrogen) atoms. The molecule has 0 fully saturated rings. The van der Waals surface area contributed by atoms with E-state index in [0.29, 0.717) is 6.04 Å². The molecule has 0 bridgehead atoms. The molecule has 1 rings (SSSR count). The van der Waals surface area contributed by atoms with Gasteiger partial charge in [0.05, 0.1) is 0 Å². The molecule has 0 aromatic heterocycles. The number of hydrogen-bond acceptors (Lipinski definition) is 3. The number of nitrogen functional groups attached to an aromatic ring is 1. The summed E-state index contributed by atoms with van der Waals surface area (Å²) in [5, 5.41) is 0. The van der Waals surface area contributed by atoms with Gasteiger partial charge in [0.15, 0.2) is 0 Å². The first-order chi connectivity index (χ1) is 9.26. The van der Waals surface area contributed by atoms with E-state index in [1.54, 1.807) is 0 Å². The first-order valence-corrected chi connectivity index (χ1v) is 7.51. The average Bonchev–Trinajstić information content (AvgIpc) is 2.35. The molecule has 0 saturated heterocycles. The molecule has 1 aromatic carbocycles. The predicted octanol–water partition coefficient (Wildman–Crippen LogP) is 2.82. The summed E-state index contributed by atoms with van der Waals surface area (Å²) in [6, 6.07) is 8.86. The van der Waals surface area contributed by atoms with Crippen molar-refractivity contribution < 1.29 is 0 Å². The van der Waals surface area contributed by atoms with Crippen molar-refractivity contribution in [1.29, 1.82) is 0 Å². The molecule has 1 atom stereocenters. The topological polar surface area (TPSA) is 32.5 Å². The monoisotopic (exact) mass is 277 g/mol. The number of benzene rings is 1. The van der Waals surface area contributed by atoms with Crippen LogP contribution in [-0.2, 0) is 5.41 Å². The van der Waals surface area contributed by atoms with Crippen molar-refractivity contribution in [3.05, 3.63) is 29.8 Å². The number of rotatable bonds is 7. The van der Waals surface area contributed by atoms with E-state index < -0.39 is 0 Å². The van der Waals surface area contributed by atoms with Gasteiger partial charge in [0.2, 0.25) is 0 Å². The number of anilines is 1. The van der Waals surface area contributed by atoms with Crippen LogP contribution >= 0.6 is 0 Å². The van der Waals surface area contributed by atoms with Crippen molar-refractivity contribution in [2.45, 2.75) is 39.2 Å². The summed E-state index contributed by atoms with van der Waals surface area (Å²) in [7, 11) is 4.27. The van der Waals surface area contributed by atoms with Crippen LogP contribution < -0.4 is 5.73 Å².